The summed E-state index contributed by atoms with van der Waals surface area (Å²) >= 11 is 9.55. The van der Waals surface area contributed by atoms with Crippen LogP contribution in [0.4, 0.5) is 0 Å². The lowest BCUT2D eigenvalue weighted by Gasteiger charge is -2.07. The lowest BCUT2D eigenvalue weighted by Crippen LogP contribution is -1.79. The molecule has 10 heavy (non-hydrogen) atoms. The molecule has 0 saturated carbocycles. The molecule has 0 aliphatic carbocycles. The van der Waals surface area contributed by atoms with Gasteiger partial charge in [0.15, 0.2) is 0 Å². The van der Waals surface area contributed by atoms with Crippen molar-refractivity contribution in [2.75, 3.05) is 7.11 Å². The molecule has 0 heterocycles. The van der Waals surface area contributed by atoms with E-state index in [0.29, 0.717) is 0 Å². The molecule has 0 fully saturated rings. The second kappa shape index (κ2) is 3.55. The van der Waals surface area contributed by atoms with Crippen LogP contribution in [0, 0.1) is 0 Å². The topological polar surface area (TPSA) is 72.8 Å². The lowest BCUT2D eigenvalue weighted by molar-refractivity contribution is 0.320. The predicted molar refractivity (Wildman–Crippen MR) is 37.2 cm³/mol. The van der Waals surface area contributed by atoms with Crippen LogP contribution in [0.2, 0.25) is 0 Å². The van der Waals surface area contributed by atoms with Gasteiger partial charge in [0, 0.05) is 29.6 Å². The maximum atomic E-state index is 10.5. The molecular weight excluding hydrogens is 225 g/mol. The van der Waals surface area contributed by atoms with Gasteiger partial charge < -0.3 is 4.89 Å². The molecule has 0 aromatic rings. The zero-order chi connectivity index (χ0) is 8.41. The first kappa shape index (κ1) is 10.9. The summed E-state index contributed by atoms with van der Waals surface area (Å²) in [7, 11) is 0.959. The highest BCUT2D eigenvalue weighted by atomic mass is 35.7. The summed E-state index contributed by atoms with van der Waals surface area (Å²) in [5.41, 5.74) is 0. The van der Waals surface area contributed by atoms with Crippen LogP contribution in [-0.4, -0.2) is 12.0 Å². The normalized spacial score (nSPS) is 23.2. The zero-order valence-corrected chi connectivity index (χ0v) is 8.03. The Kier molecular flexibility index (Phi) is 3.87. The van der Waals surface area contributed by atoms with E-state index < -0.39 is 13.9 Å². The molecule has 5 nitrogen and oxygen atoms in total. The van der Waals surface area contributed by atoms with E-state index in [2.05, 4.69) is 20.1 Å². The molecule has 0 aromatic heterocycles. The second-order valence-electron chi connectivity index (χ2n) is 1.15. The van der Waals surface area contributed by atoms with E-state index in [1.54, 1.807) is 0 Å². The Bertz CT molecular complexity index is 196. The van der Waals surface area contributed by atoms with Gasteiger partial charge in [-0.3, -0.25) is 4.52 Å². The molecule has 0 aromatic carbocycles. The van der Waals surface area contributed by atoms with Crippen molar-refractivity contribution < 1.29 is 22.9 Å². The highest BCUT2D eigenvalue weighted by molar-refractivity contribution is 7.92. The van der Waals surface area contributed by atoms with Crippen molar-refractivity contribution in [3.63, 3.8) is 0 Å². The predicted octanol–water partition coefficient (Wildman–Crippen LogP) is 2.34. The average molecular weight is 229 g/mol. The quantitative estimate of drug-likeness (QED) is 0.751. The first-order valence-corrected chi connectivity index (χ1v) is 6.79. The summed E-state index contributed by atoms with van der Waals surface area (Å²) in [6, 6.07) is 0. The van der Waals surface area contributed by atoms with Gasteiger partial charge >= 0.3 is 13.9 Å². The monoisotopic (exact) mass is 228 g/mol. The summed E-state index contributed by atoms with van der Waals surface area (Å²) in [5, 5.41) is 0. The van der Waals surface area contributed by atoms with Gasteiger partial charge in [-0.2, -0.15) is 0 Å². The summed E-state index contributed by atoms with van der Waals surface area (Å²) < 4.78 is 28.4. The van der Waals surface area contributed by atoms with Crippen LogP contribution in [0.1, 0.15) is 0 Å². The number of halogens is 2. The van der Waals surface area contributed by atoms with Crippen molar-refractivity contribution in [2.24, 2.45) is 0 Å². The van der Waals surface area contributed by atoms with E-state index in [1.807, 2.05) is 0 Å². The highest BCUT2D eigenvalue weighted by Crippen LogP contribution is 2.67. The number of hydrogen-bond acceptors (Lipinski definition) is 4. The Morgan fingerprint density at radius 2 is 1.80 bits per heavy atom. The average Bonchev–Trinajstić information content (AvgIpc) is 1.60. The van der Waals surface area contributed by atoms with Gasteiger partial charge in [0.2, 0.25) is 0 Å². The fourth-order valence-corrected chi connectivity index (χ4v) is 3.15. The Hall–Kier alpha value is 0.920. The van der Waals surface area contributed by atoms with E-state index in [1.165, 1.54) is 0 Å². The molecule has 0 saturated heterocycles. The van der Waals surface area contributed by atoms with Crippen molar-refractivity contribution in [2.45, 2.75) is 0 Å². The minimum absolute atomic E-state index is 0.959. The molecule has 1 N–H and O–H groups in total. The molecule has 2 unspecified atom stereocenters. The van der Waals surface area contributed by atoms with E-state index in [0.717, 1.165) is 7.11 Å². The smallest absolute Gasteiger partial charge is 0.312 e. The van der Waals surface area contributed by atoms with Crippen LogP contribution in [0.25, 0.3) is 0 Å². The molecule has 0 rings (SSSR count). The summed E-state index contributed by atoms with van der Waals surface area (Å²) in [6.45, 7) is -8.32. The van der Waals surface area contributed by atoms with Crippen molar-refractivity contribution >= 4 is 36.4 Å². The molecule has 0 bridgehead atoms. The Labute approximate surface area is 66.9 Å². The van der Waals surface area contributed by atoms with E-state index >= 15 is 0 Å². The van der Waals surface area contributed by atoms with E-state index in [9.17, 15) is 9.13 Å². The molecule has 0 spiro atoms. The van der Waals surface area contributed by atoms with E-state index in [-0.39, 0.29) is 0 Å². The van der Waals surface area contributed by atoms with Gasteiger partial charge in [0.05, 0.1) is 0 Å². The van der Waals surface area contributed by atoms with Gasteiger partial charge in [-0.15, -0.1) is 0 Å². The zero-order valence-electron chi connectivity index (χ0n) is 4.73. The van der Waals surface area contributed by atoms with Gasteiger partial charge in [0.1, 0.15) is 0 Å². The molecule has 0 aliphatic rings. The first-order chi connectivity index (χ1) is 4.27. The summed E-state index contributed by atoms with van der Waals surface area (Å²) in [6.07, 6.45) is 0. The van der Waals surface area contributed by atoms with Crippen molar-refractivity contribution in [1.82, 2.24) is 0 Å². The van der Waals surface area contributed by atoms with Crippen molar-refractivity contribution in [1.29, 1.82) is 0 Å². The Balaban J connectivity index is 4.17. The molecule has 2 atom stereocenters. The third kappa shape index (κ3) is 5.69. The lowest BCUT2D eigenvalue weighted by atomic mass is 11.8. The standard InChI is InChI=1S/CH4Cl2O5P2/c1-7-10(3,6)8-9(2,4)5/h1H3,(H,4,5). The minimum Gasteiger partial charge on any atom is -0.312 e. The van der Waals surface area contributed by atoms with Crippen LogP contribution in [0.15, 0.2) is 0 Å². The molecule has 0 radical (unpaired) electrons. The summed E-state index contributed by atoms with van der Waals surface area (Å²) in [5.74, 6) is 0. The third-order valence-corrected chi connectivity index (χ3v) is 3.96. The van der Waals surface area contributed by atoms with Crippen LogP contribution in [-0.2, 0) is 18.0 Å². The second-order valence-corrected chi connectivity index (χ2v) is 6.45. The fourth-order valence-electron chi connectivity index (χ4n) is 0.154. The van der Waals surface area contributed by atoms with Crippen LogP contribution >= 0.6 is 36.4 Å². The number of hydrogen-bond donors (Lipinski definition) is 1. The van der Waals surface area contributed by atoms with Gasteiger partial charge in [-0.1, -0.05) is 0 Å². The third-order valence-electron chi connectivity index (χ3n) is 0.416. The molecule has 62 valence electrons. The molecular formula is CH4Cl2O5P2. The number of rotatable bonds is 3. The Morgan fingerprint density at radius 3 is 1.90 bits per heavy atom. The van der Waals surface area contributed by atoms with Crippen LogP contribution in [0.3, 0.4) is 0 Å². The molecule has 0 amide bonds. The van der Waals surface area contributed by atoms with E-state index in [4.69, 9.17) is 16.1 Å². The molecule has 9 heteroatoms. The maximum absolute atomic E-state index is 10.5. The summed E-state index contributed by atoms with van der Waals surface area (Å²) in [4.78, 5) is 8.25. The maximum Gasteiger partial charge on any atom is 0.431 e. The van der Waals surface area contributed by atoms with Crippen LogP contribution in [0.5, 0.6) is 0 Å². The van der Waals surface area contributed by atoms with Crippen molar-refractivity contribution in [3.05, 3.63) is 0 Å². The largest absolute Gasteiger partial charge is 0.431 e. The minimum atomic E-state index is -4.35. The van der Waals surface area contributed by atoms with Gasteiger partial charge in [-0.05, 0) is 0 Å². The SMILES string of the molecule is COP(=O)(Cl)OP(=O)(O)Cl. The van der Waals surface area contributed by atoms with Gasteiger partial charge in [0.25, 0.3) is 0 Å². The molecule has 0 aliphatic heterocycles. The van der Waals surface area contributed by atoms with Gasteiger partial charge in [-0.25, -0.2) is 13.4 Å². The first-order valence-electron chi connectivity index (χ1n) is 1.86. The van der Waals surface area contributed by atoms with Crippen molar-refractivity contribution in [3.8, 4) is 0 Å². The highest BCUT2D eigenvalue weighted by Gasteiger charge is 2.30. The fraction of sp³-hybridized carbons (Fsp3) is 1.00. The Morgan fingerprint density at radius 1 is 1.40 bits per heavy atom. The van der Waals surface area contributed by atoms with Crippen LogP contribution < -0.4 is 0 Å².